The Labute approximate surface area is 111 Å². The average molecular weight is 264 g/mol. The molecule has 1 aromatic carbocycles. The van der Waals surface area contributed by atoms with Gasteiger partial charge in [0.2, 0.25) is 0 Å². The van der Waals surface area contributed by atoms with E-state index < -0.39 is 6.10 Å². The maximum absolute atomic E-state index is 11.8. The van der Waals surface area contributed by atoms with Gasteiger partial charge in [0, 0.05) is 6.04 Å². The molecule has 0 fully saturated rings. The van der Waals surface area contributed by atoms with Crippen molar-refractivity contribution in [2.75, 3.05) is 6.54 Å². The van der Waals surface area contributed by atoms with E-state index in [0.717, 1.165) is 17.5 Å². The number of aliphatic hydroxyl groups is 1. The minimum Gasteiger partial charge on any atom is -0.408 e. The van der Waals surface area contributed by atoms with Crippen LogP contribution in [0.4, 0.5) is 0 Å². The van der Waals surface area contributed by atoms with E-state index in [1.54, 1.807) is 10.6 Å². The summed E-state index contributed by atoms with van der Waals surface area (Å²) in [5.41, 5.74) is 7.46. The van der Waals surface area contributed by atoms with E-state index in [2.05, 4.69) is 0 Å². The number of hydrogen-bond acceptors (Lipinski definition) is 4. The van der Waals surface area contributed by atoms with Gasteiger partial charge in [-0.25, -0.2) is 4.79 Å². The van der Waals surface area contributed by atoms with Crippen LogP contribution < -0.4 is 11.5 Å². The van der Waals surface area contributed by atoms with Crippen LogP contribution in [0.2, 0.25) is 0 Å². The van der Waals surface area contributed by atoms with Crippen molar-refractivity contribution in [2.24, 2.45) is 5.73 Å². The highest BCUT2D eigenvalue weighted by molar-refractivity contribution is 5.74. The first-order chi connectivity index (χ1) is 9.04. The van der Waals surface area contributed by atoms with Gasteiger partial charge in [0.1, 0.15) is 0 Å². The van der Waals surface area contributed by atoms with Crippen molar-refractivity contribution in [3.63, 3.8) is 0 Å². The molecule has 0 saturated carbocycles. The third-order valence-electron chi connectivity index (χ3n) is 3.22. The maximum atomic E-state index is 11.8. The Hall–Kier alpha value is -1.59. The second-order valence-corrected chi connectivity index (χ2v) is 5.01. The highest BCUT2D eigenvalue weighted by Gasteiger charge is 2.14. The molecule has 0 aliphatic heterocycles. The smallest absolute Gasteiger partial charge is 0.408 e. The number of benzene rings is 1. The van der Waals surface area contributed by atoms with Crippen LogP contribution in [0.1, 0.15) is 44.4 Å². The van der Waals surface area contributed by atoms with Crippen LogP contribution in [0, 0.1) is 0 Å². The Balaban J connectivity index is 2.39. The first kappa shape index (κ1) is 13.8. The van der Waals surface area contributed by atoms with E-state index >= 15 is 0 Å². The molecule has 0 spiro atoms. The second kappa shape index (κ2) is 5.59. The summed E-state index contributed by atoms with van der Waals surface area (Å²) in [5, 5.41) is 10.0. The van der Waals surface area contributed by atoms with E-state index in [9.17, 15) is 9.90 Å². The van der Waals surface area contributed by atoms with Crippen LogP contribution in [-0.2, 0) is 0 Å². The van der Waals surface area contributed by atoms with Gasteiger partial charge in [0.25, 0.3) is 0 Å². The molecule has 0 radical (unpaired) electrons. The molecule has 0 bridgehead atoms. The highest BCUT2D eigenvalue weighted by atomic mass is 16.4. The molecule has 2 aromatic rings. The Morgan fingerprint density at radius 2 is 2.16 bits per heavy atom. The fraction of sp³-hybridized carbons (Fsp3) is 0.500. The Morgan fingerprint density at radius 3 is 2.79 bits per heavy atom. The molecule has 5 nitrogen and oxygen atoms in total. The van der Waals surface area contributed by atoms with Crippen LogP contribution in [-0.4, -0.2) is 16.2 Å². The molecule has 1 unspecified atom stereocenters. The Kier molecular flexibility index (Phi) is 4.07. The van der Waals surface area contributed by atoms with Crippen LogP contribution in [0.3, 0.4) is 0 Å². The molecule has 1 aromatic heterocycles. The summed E-state index contributed by atoms with van der Waals surface area (Å²) in [6, 6.07) is 5.43. The summed E-state index contributed by atoms with van der Waals surface area (Å²) in [5.74, 6) is -0.362. The molecule has 104 valence electrons. The third kappa shape index (κ3) is 2.72. The zero-order valence-electron chi connectivity index (χ0n) is 11.3. The first-order valence-corrected chi connectivity index (χ1v) is 6.57. The van der Waals surface area contributed by atoms with Gasteiger partial charge in [-0.2, -0.15) is 0 Å². The molecule has 2 rings (SSSR count). The Bertz CT molecular complexity index is 613. The van der Waals surface area contributed by atoms with Crippen molar-refractivity contribution in [2.45, 2.75) is 38.8 Å². The molecule has 5 heteroatoms. The number of nitrogens with zero attached hydrogens (tertiary/aromatic N) is 1. The number of rotatable bonds is 5. The molecule has 0 aliphatic carbocycles. The van der Waals surface area contributed by atoms with Gasteiger partial charge in [0.05, 0.1) is 11.6 Å². The van der Waals surface area contributed by atoms with Gasteiger partial charge >= 0.3 is 5.76 Å². The van der Waals surface area contributed by atoms with Crippen molar-refractivity contribution in [1.82, 2.24) is 4.57 Å². The maximum Gasteiger partial charge on any atom is 0.420 e. The summed E-state index contributed by atoms with van der Waals surface area (Å²) in [7, 11) is 0. The quantitative estimate of drug-likeness (QED) is 0.864. The number of aromatic nitrogens is 1. The lowest BCUT2D eigenvalue weighted by atomic mass is 10.0. The van der Waals surface area contributed by atoms with Gasteiger partial charge in [-0.1, -0.05) is 6.07 Å². The number of oxazole rings is 1. The lowest BCUT2D eigenvalue weighted by molar-refractivity contribution is 0.165. The van der Waals surface area contributed by atoms with Gasteiger partial charge in [-0.15, -0.1) is 0 Å². The number of aliphatic hydroxyl groups excluding tert-OH is 1. The summed E-state index contributed by atoms with van der Waals surface area (Å²) in [6.45, 7) is 4.42. The normalized spacial score (nSPS) is 13.3. The molecular weight excluding hydrogens is 244 g/mol. The van der Waals surface area contributed by atoms with Crippen molar-refractivity contribution in [3.05, 3.63) is 34.3 Å². The minimum absolute atomic E-state index is 0.0433. The molecule has 0 saturated heterocycles. The lowest BCUT2D eigenvalue weighted by Crippen LogP contribution is -2.15. The molecule has 0 amide bonds. The highest BCUT2D eigenvalue weighted by Crippen LogP contribution is 2.24. The van der Waals surface area contributed by atoms with Crippen molar-refractivity contribution < 1.29 is 9.52 Å². The van der Waals surface area contributed by atoms with E-state index in [1.807, 2.05) is 26.0 Å². The summed E-state index contributed by atoms with van der Waals surface area (Å²) >= 11 is 0. The SMILES string of the molecule is CC(C)n1c(=O)oc2cc(C(O)CCCN)ccc21. The molecule has 0 aliphatic rings. The molecule has 19 heavy (non-hydrogen) atoms. The third-order valence-corrected chi connectivity index (χ3v) is 3.22. The van der Waals surface area contributed by atoms with Gasteiger partial charge in [-0.05, 0) is 50.9 Å². The lowest BCUT2D eigenvalue weighted by Gasteiger charge is -2.10. The number of nitrogens with two attached hydrogens (primary N) is 1. The summed E-state index contributed by atoms with van der Waals surface area (Å²) in [4.78, 5) is 11.8. The van der Waals surface area contributed by atoms with E-state index in [1.165, 1.54) is 0 Å². The fourth-order valence-electron chi connectivity index (χ4n) is 2.23. The number of fused-ring (bicyclic) bond motifs is 1. The monoisotopic (exact) mass is 264 g/mol. The topological polar surface area (TPSA) is 81.4 Å². The standard InChI is InChI=1S/C14H20N2O3/c1-9(2)16-11-6-5-10(12(17)4-3-7-15)8-13(11)19-14(16)18/h5-6,8-9,12,17H,3-4,7,15H2,1-2H3. The largest absolute Gasteiger partial charge is 0.420 e. The van der Waals surface area contributed by atoms with Gasteiger partial charge in [0.15, 0.2) is 5.58 Å². The zero-order valence-corrected chi connectivity index (χ0v) is 11.3. The van der Waals surface area contributed by atoms with Crippen LogP contribution in [0.5, 0.6) is 0 Å². The van der Waals surface area contributed by atoms with E-state index in [-0.39, 0.29) is 11.8 Å². The molecular formula is C14H20N2O3. The first-order valence-electron chi connectivity index (χ1n) is 6.57. The molecule has 3 N–H and O–H groups in total. The van der Waals surface area contributed by atoms with Crippen molar-refractivity contribution in [1.29, 1.82) is 0 Å². The predicted octanol–water partition coefficient (Wildman–Crippen LogP) is 1.95. The molecule has 1 atom stereocenters. The Morgan fingerprint density at radius 1 is 1.42 bits per heavy atom. The van der Waals surface area contributed by atoms with E-state index in [4.69, 9.17) is 10.2 Å². The number of hydrogen-bond donors (Lipinski definition) is 2. The summed E-state index contributed by atoms with van der Waals surface area (Å²) in [6.07, 6.45) is 0.799. The minimum atomic E-state index is -0.569. The van der Waals surface area contributed by atoms with Crippen LogP contribution in [0.25, 0.3) is 11.1 Å². The fourth-order valence-corrected chi connectivity index (χ4v) is 2.23. The van der Waals surface area contributed by atoms with Crippen molar-refractivity contribution >= 4 is 11.1 Å². The predicted molar refractivity (Wildman–Crippen MR) is 74.1 cm³/mol. The van der Waals surface area contributed by atoms with Crippen LogP contribution >= 0.6 is 0 Å². The molecule has 1 heterocycles. The average Bonchev–Trinajstić information content (AvgIpc) is 2.70. The second-order valence-electron chi connectivity index (χ2n) is 5.01. The van der Waals surface area contributed by atoms with Crippen LogP contribution in [0.15, 0.2) is 27.4 Å². The zero-order chi connectivity index (χ0) is 14.0. The summed E-state index contributed by atoms with van der Waals surface area (Å²) < 4.78 is 6.83. The van der Waals surface area contributed by atoms with Gasteiger partial charge in [-0.3, -0.25) is 4.57 Å². The van der Waals surface area contributed by atoms with Gasteiger partial charge < -0.3 is 15.3 Å². The van der Waals surface area contributed by atoms with E-state index in [0.29, 0.717) is 18.5 Å². The van der Waals surface area contributed by atoms with Crippen molar-refractivity contribution in [3.8, 4) is 0 Å².